The van der Waals surface area contributed by atoms with Gasteiger partial charge in [0.05, 0.1) is 18.6 Å². The molecule has 0 unspecified atom stereocenters. The van der Waals surface area contributed by atoms with Crippen LogP contribution in [-0.4, -0.2) is 39.6 Å². The highest BCUT2D eigenvalue weighted by molar-refractivity contribution is 7.99. The number of amides is 1. The summed E-state index contributed by atoms with van der Waals surface area (Å²) in [4.78, 5) is 12.5. The zero-order valence-electron chi connectivity index (χ0n) is 17.9. The van der Waals surface area contributed by atoms with E-state index in [9.17, 15) is 4.79 Å². The Morgan fingerprint density at radius 2 is 2.07 bits per heavy atom. The fraction of sp³-hybridized carbons (Fsp3) is 0.591. The second-order valence-electron chi connectivity index (χ2n) is 8.43. The summed E-state index contributed by atoms with van der Waals surface area (Å²) in [5, 5.41) is 12.1. The third-order valence-electron chi connectivity index (χ3n) is 6.29. The van der Waals surface area contributed by atoms with E-state index in [4.69, 9.17) is 4.74 Å². The topological polar surface area (TPSA) is 69.0 Å². The molecule has 29 heavy (non-hydrogen) atoms. The van der Waals surface area contributed by atoms with Crippen molar-refractivity contribution in [2.45, 2.75) is 64.1 Å². The summed E-state index contributed by atoms with van der Waals surface area (Å²) in [6.45, 7) is 7.01. The smallest absolute Gasteiger partial charge is 0.230 e. The Balaban J connectivity index is 1.50. The predicted octanol–water partition coefficient (Wildman–Crippen LogP) is 4.48. The highest BCUT2D eigenvalue weighted by Crippen LogP contribution is 2.40. The molecule has 1 aliphatic rings. The standard InChI is InChI=1S/C22H32N4O2S/c1-5-22(2,3)16-9-11-17(12-10-16)24-20(27)14-29-21-25-23-15-26(21)18-7-6-8-19(13-18)28-4/h6-8,13,15-17H,5,9-12,14H2,1-4H3,(H,24,27). The van der Waals surface area contributed by atoms with Gasteiger partial charge in [-0.2, -0.15) is 0 Å². The van der Waals surface area contributed by atoms with E-state index in [1.807, 2.05) is 28.8 Å². The second kappa shape index (κ2) is 9.65. The summed E-state index contributed by atoms with van der Waals surface area (Å²) in [5.41, 5.74) is 1.31. The maximum Gasteiger partial charge on any atom is 0.230 e. The Morgan fingerprint density at radius 1 is 1.31 bits per heavy atom. The SMILES string of the molecule is CCC(C)(C)C1CCC(NC(=O)CSc2nncn2-c2cccc(OC)c2)CC1. The van der Waals surface area contributed by atoms with Crippen LogP contribution >= 0.6 is 11.8 Å². The van der Waals surface area contributed by atoms with E-state index in [0.717, 1.165) is 30.2 Å². The van der Waals surface area contributed by atoms with Crippen molar-refractivity contribution in [2.75, 3.05) is 12.9 Å². The van der Waals surface area contributed by atoms with Crippen LogP contribution in [0.3, 0.4) is 0 Å². The Morgan fingerprint density at radius 3 is 2.76 bits per heavy atom. The number of ether oxygens (including phenoxy) is 1. The lowest BCUT2D eigenvalue weighted by atomic mass is 9.69. The van der Waals surface area contributed by atoms with Gasteiger partial charge in [0.25, 0.3) is 0 Å². The maximum absolute atomic E-state index is 12.5. The number of carbonyl (C=O) groups is 1. The van der Waals surface area contributed by atoms with Crippen LogP contribution in [0.15, 0.2) is 35.7 Å². The van der Waals surface area contributed by atoms with Gasteiger partial charge in [-0.3, -0.25) is 9.36 Å². The summed E-state index contributed by atoms with van der Waals surface area (Å²) in [5.74, 6) is 1.93. The summed E-state index contributed by atoms with van der Waals surface area (Å²) in [7, 11) is 1.64. The van der Waals surface area contributed by atoms with E-state index < -0.39 is 0 Å². The van der Waals surface area contributed by atoms with Crippen LogP contribution in [0.25, 0.3) is 5.69 Å². The lowest BCUT2D eigenvalue weighted by Gasteiger charge is -2.39. The zero-order chi connectivity index (χ0) is 20.9. The first kappa shape index (κ1) is 21.7. The van der Waals surface area contributed by atoms with Gasteiger partial charge in [0, 0.05) is 12.1 Å². The number of rotatable bonds is 8. The number of nitrogens with one attached hydrogen (secondary N) is 1. The zero-order valence-corrected chi connectivity index (χ0v) is 18.7. The van der Waals surface area contributed by atoms with E-state index >= 15 is 0 Å². The molecule has 1 saturated carbocycles. The number of aromatic nitrogens is 3. The van der Waals surface area contributed by atoms with Crippen LogP contribution in [0.2, 0.25) is 0 Å². The van der Waals surface area contributed by atoms with Crippen molar-refractivity contribution in [3.8, 4) is 11.4 Å². The molecule has 1 N–H and O–H groups in total. The van der Waals surface area contributed by atoms with Crippen molar-refractivity contribution in [2.24, 2.45) is 11.3 Å². The lowest BCUT2D eigenvalue weighted by Crippen LogP contribution is -2.40. The van der Waals surface area contributed by atoms with E-state index in [1.54, 1.807) is 13.4 Å². The average molecular weight is 417 g/mol. The molecule has 1 heterocycles. The Hall–Kier alpha value is -2.02. The molecule has 6 nitrogen and oxygen atoms in total. The quantitative estimate of drug-likeness (QED) is 0.643. The number of benzene rings is 1. The molecule has 7 heteroatoms. The Labute approximate surface area is 177 Å². The molecule has 1 amide bonds. The van der Waals surface area contributed by atoms with Crippen LogP contribution in [-0.2, 0) is 4.79 Å². The monoisotopic (exact) mass is 416 g/mol. The number of methoxy groups -OCH3 is 1. The maximum atomic E-state index is 12.5. The largest absolute Gasteiger partial charge is 0.497 e. The van der Waals surface area contributed by atoms with Gasteiger partial charge >= 0.3 is 0 Å². The third-order valence-corrected chi connectivity index (χ3v) is 7.23. The predicted molar refractivity (Wildman–Crippen MR) is 117 cm³/mol. The van der Waals surface area contributed by atoms with Crippen LogP contribution in [0, 0.1) is 11.3 Å². The molecule has 3 rings (SSSR count). The van der Waals surface area contributed by atoms with Crippen LogP contribution in [0.1, 0.15) is 52.9 Å². The minimum atomic E-state index is 0.0633. The Kier molecular flexibility index (Phi) is 7.22. The molecule has 0 radical (unpaired) electrons. The molecule has 0 spiro atoms. The van der Waals surface area contributed by atoms with E-state index in [0.29, 0.717) is 22.4 Å². The minimum absolute atomic E-state index is 0.0633. The highest BCUT2D eigenvalue weighted by Gasteiger charge is 2.32. The first-order valence-corrected chi connectivity index (χ1v) is 11.4. The van der Waals surface area contributed by atoms with E-state index in [1.165, 1.54) is 31.0 Å². The molecular weight excluding hydrogens is 384 g/mol. The lowest BCUT2D eigenvalue weighted by molar-refractivity contribution is -0.119. The number of nitrogens with zero attached hydrogens (tertiary/aromatic N) is 3. The number of carbonyl (C=O) groups excluding carboxylic acids is 1. The first-order chi connectivity index (χ1) is 13.9. The van der Waals surface area contributed by atoms with Gasteiger partial charge in [-0.1, -0.05) is 45.0 Å². The molecule has 0 atom stereocenters. The molecular formula is C22H32N4O2S. The van der Waals surface area contributed by atoms with Gasteiger partial charge < -0.3 is 10.1 Å². The number of thioether (sulfide) groups is 1. The van der Waals surface area contributed by atoms with Crippen molar-refractivity contribution in [1.82, 2.24) is 20.1 Å². The van der Waals surface area contributed by atoms with Gasteiger partial charge in [0.15, 0.2) is 5.16 Å². The van der Waals surface area contributed by atoms with Crippen molar-refractivity contribution >= 4 is 17.7 Å². The van der Waals surface area contributed by atoms with Crippen LogP contribution < -0.4 is 10.1 Å². The highest BCUT2D eigenvalue weighted by atomic mass is 32.2. The van der Waals surface area contributed by atoms with E-state index in [2.05, 4.69) is 36.3 Å². The van der Waals surface area contributed by atoms with Crippen molar-refractivity contribution in [3.05, 3.63) is 30.6 Å². The molecule has 158 valence electrons. The third kappa shape index (κ3) is 5.53. The average Bonchev–Trinajstić information content (AvgIpc) is 3.21. The van der Waals surface area contributed by atoms with Gasteiger partial charge in [-0.25, -0.2) is 0 Å². The van der Waals surface area contributed by atoms with E-state index in [-0.39, 0.29) is 5.91 Å². The fourth-order valence-corrected chi connectivity index (χ4v) is 4.71. The molecule has 2 aromatic rings. The molecule has 0 saturated heterocycles. The molecule has 0 bridgehead atoms. The van der Waals surface area contributed by atoms with Crippen LogP contribution in [0.4, 0.5) is 0 Å². The van der Waals surface area contributed by atoms with Crippen molar-refractivity contribution in [1.29, 1.82) is 0 Å². The van der Waals surface area contributed by atoms with Gasteiger partial charge in [-0.15, -0.1) is 10.2 Å². The molecule has 1 aromatic carbocycles. The molecule has 1 aromatic heterocycles. The van der Waals surface area contributed by atoms with Gasteiger partial charge in [-0.05, 0) is 49.1 Å². The molecule has 0 aliphatic heterocycles. The summed E-state index contributed by atoms with van der Waals surface area (Å²) in [6, 6.07) is 8.00. The number of hydrogen-bond acceptors (Lipinski definition) is 5. The summed E-state index contributed by atoms with van der Waals surface area (Å²) >= 11 is 1.40. The first-order valence-electron chi connectivity index (χ1n) is 10.4. The Bertz CT molecular complexity index is 813. The normalized spacial score (nSPS) is 19.7. The summed E-state index contributed by atoms with van der Waals surface area (Å²) < 4.78 is 7.16. The second-order valence-corrected chi connectivity index (χ2v) is 9.37. The number of hydrogen-bond donors (Lipinski definition) is 1. The molecule has 1 fully saturated rings. The van der Waals surface area contributed by atoms with Crippen LogP contribution in [0.5, 0.6) is 5.75 Å². The van der Waals surface area contributed by atoms with Gasteiger partial charge in [0.1, 0.15) is 12.1 Å². The van der Waals surface area contributed by atoms with Crippen molar-refractivity contribution in [3.63, 3.8) is 0 Å². The fourth-order valence-electron chi connectivity index (χ4n) is 3.97. The van der Waals surface area contributed by atoms with Gasteiger partial charge in [0.2, 0.25) is 5.91 Å². The minimum Gasteiger partial charge on any atom is -0.497 e. The van der Waals surface area contributed by atoms with Crippen molar-refractivity contribution < 1.29 is 9.53 Å². The molecule has 1 aliphatic carbocycles. The summed E-state index contributed by atoms with van der Waals surface area (Å²) in [6.07, 6.45) is 7.41.